The molecule has 6 rings (SSSR count). The van der Waals surface area contributed by atoms with Crippen molar-refractivity contribution in [2.45, 2.75) is 19.6 Å². The highest BCUT2D eigenvalue weighted by Crippen LogP contribution is 2.42. The minimum absolute atomic E-state index is 0.00834. The maximum absolute atomic E-state index is 9.13. The van der Waals surface area contributed by atoms with Crippen LogP contribution in [0.2, 0.25) is 0 Å². The Hall–Kier alpha value is -3.88. The van der Waals surface area contributed by atoms with E-state index in [0.717, 1.165) is 67.6 Å². The quantitative estimate of drug-likeness (QED) is 0.168. The summed E-state index contributed by atoms with van der Waals surface area (Å²) in [6, 6.07) is 31.4. The Morgan fingerprint density at radius 2 is 1.63 bits per heavy atom. The topological polar surface area (TPSA) is 60.4 Å². The zero-order valence-corrected chi connectivity index (χ0v) is 25.3. The van der Waals surface area contributed by atoms with Crippen molar-refractivity contribution in [3.8, 4) is 27.7 Å². The second-order valence-corrected chi connectivity index (χ2v) is 11.7. The van der Waals surface area contributed by atoms with Gasteiger partial charge in [0, 0.05) is 34.8 Å². The van der Waals surface area contributed by atoms with Gasteiger partial charge in [0.2, 0.25) is 0 Å². The molecule has 0 spiro atoms. The van der Waals surface area contributed by atoms with Gasteiger partial charge in [-0.25, -0.2) is 0 Å². The van der Waals surface area contributed by atoms with Crippen molar-refractivity contribution in [1.82, 2.24) is 4.90 Å². The van der Waals surface area contributed by atoms with Gasteiger partial charge >= 0.3 is 0 Å². The molecular formula is C36H37NO5S. The summed E-state index contributed by atoms with van der Waals surface area (Å²) in [4.78, 5) is 3.64. The van der Waals surface area contributed by atoms with E-state index < -0.39 is 0 Å². The molecule has 1 saturated heterocycles. The molecule has 0 bridgehead atoms. The number of ether oxygens (including phenoxy) is 4. The monoisotopic (exact) mass is 595 g/mol. The molecule has 0 aliphatic carbocycles. The highest BCUT2D eigenvalue weighted by molar-refractivity contribution is 7.22. The Labute approximate surface area is 257 Å². The number of morpholine rings is 1. The predicted molar refractivity (Wildman–Crippen MR) is 173 cm³/mol. The smallest absolute Gasteiger partial charge is 0.123 e. The Balaban J connectivity index is 1.31. The summed E-state index contributed by atoms with van der Waals surface area (Å²) < 4.78 is 24.4. The second kappa shape index (κ2) is 14.1. The minimum Gasteiger partial charge on any atom is -0.496 e. The lowest BCUT2D eigenvalue weighted by molar-refractivity contribution is 0.0339. The fourth-order valence-corrected chi connectivity index (χ4v) is 6.72. The van der Waals surface area contributed by atoms with Gasteiger partial charge in [0.05, 0.1) is 26.9 Å². The van der Waals surface area contributed by atoms with Gasteiger partial charge in [-0.2, -0.15) is 0 Å². The Morgan fingerprint density at radius 1 is 0.837 bits per heavy atom. The van der Waals surface area contributed by atoms with Gasteiger partial charge in [0.25, 0.3) is 0 Å². The zero-order valence-electron chi connectivity index (χ0n) is 24.5. The Kier molecular flexibility index (Phi) is 9.55. The van der Waals surface area contributed by atoms with E-state index in [0.29, 0.717) is 6.61 Å². The Morgan fingerprint density at radius 3 is 2.40 bits per heavy atom. The number of methoxy groups -OCH3 is 1. The van der Waals surface area contributed by atoms with Crippen LogP contribution in [-0.2, 0) is 24.3 Å². The molecule has 1 aliphatic heterocycles. The normalized spacial score (nSPS) is 13.7. The molecule has 4 aromatic carbocycles. The molecule has 222 valence electrons. The molecule has 0 saturated carbocycles. The predicted octanol–water partition coefficient (Wildman–Crippen LogP) is 6.95. The van der Waals surface area contributed by atoms with E-state index in [2.05, 4.69) is 65.6 Å². The number of thiophene rings is 1. The van der Waals surface area contributed by atoms with E-state index in [1.165, 1.54) is 31.7 Å². The highest BCUT2D eigenvalue weighted by atomic mass is 32.1. The SMILES string of the molecule is COc1cc(Cc2c(-c3ccc(OCCO)cc3)sc3cc(OCc4ccccc4)ccc23)ccc1CN1CCOCC1. The molecule has 0 radical (unpaired) electrons. The molecule has 2 heterocycles. The van der Waals surface area contributed by atoms with Crippen molar-refractivity contribution in [2.24, 2.45) is 0 Å². The van der Waals surface area contributed by atoms with E-state index in [-0.39, 0.29) is 13.2 Å². The standard InChI is InChI=1S/C36H37NO5S/c1-39-34-22-27(7-8-29(34)24-37-15-18-40-19-16-37)21-33-32-14-13-31(42-25-26-5-3-2-4-6-26)23-35(32)43-36(33)28-9-11-30(12-10-28)41-20-17-38/h2-14,22-23,38H,15-21,24-25H2,1H3. The van der Waals surface area contributed by atoms with Crippen LogP contribution >= 0.6 is 11.3 Å². The first-order valence-corrected chi connectivity index (χ1v) is 15.5. The van der Waals surface area contributed by atoms with Crippen LogP contribution in [-0.4, -0.2) is 56.6 Å². The number of benzene rings is 4. The van der Waals surface area contributed by atoms with Crippen molar-refractivity contribution in [2.75, 3.05) is 46.6 Å². The zero-order chi connectivity index (χ0) is 29.4. The molecule has 0 atom stereocenters. The lowest BCUT2D eigenvalue weighted by Crippen LogP contribution is -2.35. The molecule has 1 fully saturated rings. The van der Waals surface area contributed by atoms with Crippen LogP contribution < -0.4 is 14.2 Å². The van der Waals surface area contributed by atoms with Gasteiger partial charge < -0.3 is 24.1 Å². The minimum atomic E-state index is -0.00834. The first-order chi connectivity index (χ1) is 21.2. The van der Waals surface area contributed by atoms with Crippen molar-refractivity contribution < 1.29 is 24.1 Å². The molecule has 0 unspecified atom stereocenters. The first kappa shape index (κ1) is 29.2. The largest absolute Gasteiger partial charge is 0.496 e. The van der Waals surface area contributed by atoms with Gasteiger partial charge in [-0.1, -0.05) is 42.5 Å². The molecule has 1 aromatic heterocycles. The summed E-state index contributed by atoms with van der Waals surface area (Å²) in [6.45, 7) is 5.10. The molecule has 5 aromatic rings. The summed E-state index contributed by atoms with van der Waals surface area (Å²) in [5.74, 6) is 2.53. The number of nitrogens with zero attached hydrogens (tertiary/aromatic N) is 1. The number of aliphatic hydroxyl groups excluding tert-OH is 1. The number of hydrogen-bond acceptors (Lipinski definition) is 7. The van der Waals surface area contributed by atoms with E-state index in [9.17, 15) is 0 Å². The fourth-order valence-electron chi connectivity index (χ4n) is 5.47. The third kappa shape index (κ3) is 7.20. The van der Waals surface area contributed by atoms with Gasteiger partial charge in [-0.15, -0.1) is 11.3 Å². The highest BCUT2D eigenvalue weighted by Gasteiger charge is 2.18. The average molecular weight is 596 g/mol. The lowest BCUT2D eigenvalue weighted by atomic mass is 9.97. The Bertz CT molecular complexity index is 1630. The maximum Gasteiger partial charge on any atom is 0.123 e. The number of rotatable bonds is 12. The van der Waals surface area contributed by atoms with Crippen LogP contribution in [0.3, 0.4) is 0 Å². The molecule has 0 amide bonds. The average Bonchev–Trinajstić information content (AvgIpc) is 3.41. The molecule has 1 N–H and O–H groups in total. The van der Waals surface area contributed by atoms with E-state index in [1.807, 2.05) is 30.3 Å². The number of fused-ring (bicyclic) bond motifs is 1. The van der Waals surface area contributed by atoms with Crippen LogP contribution in [0.4, 0.5) is 0 Å². The summed E-state index contributed by atoms with van der Waals surface area (Å²) in [7, 11) is 1.75. The van der Waals surface area contributed by atoms with Crippen LogP contribution in [0.1, 0.15) is 22.3 Å². The van der Waals surface area contributed by atoms with E-state index >= 15 is 0 Å². The molecule has 43 heavy (non-hydrogen) atoms. The van der Waals surface area contributed by atoms with Crippen LogP contribution in [0.25, 0.3) is 20.5 Å². The van der Waals surface area contributed by atoms with Gasteiger partial charge in [0.1, 0.15) is 30.5 Å². The molecular weight excluding hydrogens is 558 g/mol. The maximum atomic E-state index is 9.13. The summed E-state index contributed by atoms with van der Waals surface area (Å²) in [6.07, 6.45) is 0.774. The van der Waals surface area contributed by atoms with Crippen LogP contribution in [0.5, 0.6) is 17.2 Å². The summed E-state index contributed by atoms with van der Waals surface area (Å²) >= 11 is 1.78. The van der Waals surface area contributed by atoms with Crippen molar-refractivity contribution >= 4 is 21.4 Å². The van der Waals surface area contributed by atoms with Gasteiger partial charge in [-0.05, 0) is 82.6 Å². The van der Waals surface area contributed by atoms with Gasteiger partial charge in [0.15, 0.2) is 0 Å². The third-order valence-corrected chi connectivity index (χ3v) is 8.96. The lowest BCUT2D eigenvalue weighted by Gasteiger charge is -2.27. The van der Waals surface area contributed by atoms with Crippen molar-refractivity contribution in [1.29, 1.82) is 0 Å². The summed E-state index contributed by atoms with van der Waals surface area (Å²) in [5, 5.41) is 10.4. The van der Waals surface area contributed by atoms with Gasteiger partial charge in [-0.3, -0.25) is 4.90 Å². The van der Waals surface area contributed by atoms with Crippen LogP contribution in [0, 0.1) is 0 Å². The van der Waals surface area contributed by atoms with Crippen molar-refractivity contribution in [3.05, 3.63) is 113 Å². The first-order valence-electron chi connectivity index (χ1n) is 14.7. The van der Waals surface area contributed by atoms with E-state index in [4.69, 9.17) is 24.1 Å². The molecule has 6 nitrogen and oxygen atoms in total. The molecule has 7 heteroatoms. The van der Waals surface area contributed by atoms with Crippen LogP contribution in [0.15, 0.2) is 91.0 Å². The van der Waals surface area contributed by atoms with E-state index in [1.54, 1.807) is 18.4 Å². The van der Waals surface area contributed by atoms with Crippen molar-refractivity contribution in [3.63, 3.8) is 0 Å². The second-order valence-electron chi connectivity index (χ2n) is 10.6. The molecule has 1 aliphatic rings. The summed E-state index contributed by atoms with van der Waals surface area (Å²) in [5.41, 5.74) is 5.96. The number of hydrogen-bond donors (Lipinski definition) is 1. The number of aliphatic hydroxyl groups is 1. The fraction of sp³-hybridized carbons (Fsp3) is 0.278. The third-order valence-electron chi connectivity index (χ3n) is 7.72.